The van der Waals surface area contributed by atoms with Crippen LogP contribution >= 0.6 is 0 Å². The van der Waals surface area contributed by atoms with Gasteiger partial charge in [0.05, 0.1) is 23.9 Å². The summed E-state index contributed by atoms with van der Waals surface area (Å²) in [6.45, 7) is 0. The van der Waals surface area contributed by atoms with Gasteiger partial charge in [0.1, 0.15) is 17.2 Å². The van der Waals surface area contributed by atoms with E-state index in [1.165, 1.54) is 36.2 Å². The zero-order valence-electron chi connectivity index (χ0n) is 17.3. The second-order valence-electron chi connectivity index (χ2n) is 7.40. The Morgan fingerprint density at radius 3 is 2.53 bits per heavy atom. The lowest BCUT2D eigenvalue weighted by atomic mass is 10.1. The van der Waals surface area contributed by atoms with E-state index < -0.39 is 12.0 Å². The number of hydrogen-bond acceptors (Lipinski definition) is 5. The predicted octanol–water partition coefficient (Wildman–Crippen LogP) is 4.15. The van der Waals surface area contributed by atoms with Gasteiger partial charge in [-0.2, -0.15) is 5.10 Å². The van der Waals surface area contributed by atoms with Crippen LogP contribution in [0.3, 0.4) is 0 Å². The van der Waals surface area contributed by atoms with Crippen molar-refractivity contribution in [3.05, 3.63) is 60.4 Å². The van der Waals surface area contributed by atoms with Crippen LogP contribution in [-0.2, 0) is 0 Å². The Bertz CT molecular complexity index is 1250. The van der Waals surface area contributed by atoms with Crippen molar-refractivity contribution >= 4 is 11.9 Å². The number of carbonyl (C=O) groups is 1. The first-order chi connectivity index (χ1) is 15.4. The molecule has 1 unspecified atom stereocenters. The molecule has 0 saturated heterocycles. The maximum absolute atomic E-state index is 13.9. The van der Waals surface area contributed by atoms with E-state index in [0.717, 1.165) is 0 Å². The van der Waals surface area contributed by atoms with Gasteiger partial charge in [-0.3, -0.25) is 4.79 Å². The Hall–Kier alpha value is -3.53. The molecule has 1 aliphatic rings. The van der Waals surface area contributed by atoms with E-state index in [1.807, 2.05) is 0 Å². The van der Waals surface area contributed by atoms with E-state index in [1.54, 1.807) is 28.8 Å². The molecule has 0 aliphatic heterocycles. The molecule has 1 aromatic carbocycles. The lowest BCUT2D eigenvalue weighted by molar-refractivity contribution is 0.00568. The summed E-state index contributed by atoms with van der Waals surface area (Å²) in [5, 5.41) is 4.52. The van der Waals surface area contributed by atoms with Crippen LogP contribution < -0.4 is 5.73 Å². The molecule has 2 N–H and O–H groups in total. The number of carbonyl (C=O) groups excluding carboxylic acids is 1. The molecule has 1 aliphatic carbocycles. The minimum Gasteiger partial charge on any atom is -0.333 e. The summed E-state index contributed by atoms with van der Waals surface area (Å²) in [5.74, 6) is -3.11. The average Bonchev–Trinajstić information content (AvgIpc) is 3.51. The zero-order valence-corrected chi connectivity index (χ0v) is 17.3. The second-order valence-corrected chi connectivity index (χ2v) is 7.40. The van der Waals surface area contributed by atoms with Crippen LogP contribution in [0.5, 0.6) is 0 Å². The highest BCUT2D eigenvalue weighted by Crippen LogP contribution is 2.44. The van der Waals surface area contributed by atoms with Gasteiger partial charge in [-0.05, 0) is 49.9 Å². The summed E-state index contributed by atoms with van der Waals surface area (Å²) in [7, 11) is 1.50. The van der Waals surface area contributed by atoms with E-state index in [2.05, 4.69) is 20.8 Å². The maximum Gasteiger partial charge on any atom is 0.250 e. The van der Waals surface area contributed by atoms with Gasteiger partial charge in [-0.25, -0.2) is 27.7 Å². The van der Waals surface area contributed by atoms with Crippen molar-refractivity contribution in [3.63, 3.8) is 0 Å². The van der Waals surface area contributed by atoms with Crippen LogP contribution in [0, 0.1) is 5.82 Å². The first-order valence-corrected chi connectivity index (χ1v) is 10.0. The molecule has 0 radical (unpaired) electrons. The molecule has 3 heterocycles. The normalized spacial score (nSPS) is 17.2. The number of imidazole rings is 2. The van der Waals surface area contributed by atoms with E-state index >= 15 is 0 Å². The molecule has 10 heteroatoms. The lowest BCUT2D eigenvalue weighted by Gasteiger charge is -2.17. The van der Waals surface area contributed by atoms with Gasteiger partial charge < -0.3 is 10.3 Å². The van der Waals surface area contributed by atoms with Gasteiger partial charge in [0.15, 0.2) is 11.9 Å². The molecule has 7 nitrogen and oxygen atoms in total. The Morgan fingerprint density at radius 1 is 1.12 bits per heavy atom. The summed E-state index contributed by atoms with van der Waals surface area (Å²) >= 11 is 0. The van der Waals surface area contributed by atoms with E-state index in [9.17, 15) is 18.0 Å². The molecular formula is C22H21F3N6O. The number of nitrogens with zero attached hydrogens (tertiary/aromatic N) is 5. The standard InChI is InChI=1S/C21H16F3N5O.CH5N/c22-14-3-1-13(2-4-14)19-20(28(12-26-19)15-7-8-21(23,24)9-15)17-5-6-18-25-10-16(11-30)29(18)27-17;1-2/h1-6,10-12,15H,7-9H2;2H2,1H3. The first-order valence-electron chi connectivity index (χ1n) is 10.0. The van der Waals surface area contributed by atoms with Crippen LogP contribution in [0.2, 0.25) is 0 Å². The Balaban J connectivity index is 0.00000119. The first kappa shape index (κ1) is 21.7. The fourth-order valence-electron chi connectivity index (χ4n) is 3.97. The van der Waals surface area contributed by atoms with Crippen molar-refractivity contribution in [1.82, 2.24) is 24.1 Å². The monoisotopic (exact) mass is 442 g/mol. The third-order valence-corrected chi connectivity index (χ3v) is 5.43. The van der Waals surface area contributed by atoms with E-state index in [-0.39, 0.29) is 24.4 Å². The summed E-state index contributed by atoms with van der Waals surface area (Å²) in [6.07, 6.45) is 3.42. The summed E-state index contributed by atoms with van der Waals surface area (Å²) in [4.78, 5) is 19.9. The molecule has 4 aromatic rings. The molecule has 0 spiro atoms. The molecule has 5 rings (SSSR count). The Labute approximate surface area is 181 Å². The molecular weight excluding hydrogens is 421 g/mol. The van der Waals surface area contributed by atoms with Gasteiger partial charge in [-0.15, -0.1) is 0 Å². The predicted molar refractivity (Wildman–Crippen MR) is 113 cm³/mol. The summed E-state index contributed by atoms with van der Waals surface area (Å²) in [6, 6.07) is 8.78. The number of aromatic nitrogens is 5. The van der Waals surface area contributed by atoms with Crippen molar-refractivity contribution in [2.75, 3.05) is 7.05 Å². The van der Waals surface area contributed by atoms with Gasteiger partial charge in [0.2, 0.25) is 5.92 Å². The number of nitrogens with two attached hydrogens (primary N) is 1. The van der Waals surface area contributed by atoms with Gasteiger partial charge in [-0.1, -0.05) is 0 Å². The summed E-state index contributed by atoms with van der Waals surface area (Å²) < 4.78 is 44.4. The molecule has 3 aromatic heterocycles. The van der Waals surface area contributed by atoms with Gasteiger partial charge >= 0.3 is 0 Å². The van der Waals surface area contributed by atoms with Crippen LogP contribution in [0.15, 0.2) is 48.9 Å². The number of alkyl halides is 2. The quantitative estimate of drug-likeness (QED) is 0.480. The second kappa shape index (κ2) is 8.54. The SMILES string of the molecule is CN.O=Cc1cnc2ccc(-c3c(-c4ccc(F)cc4)ncn3C3CCC(F)(F)C3)nn12. The third-order valence-electron chi connectivity index (χ3n) is 5.43. The van der Waals surface area contributed by atoms with Crippen LogP contribution in [0.25, 0.3) is 28.3 Å². The highest BCUT2D eigenvalue weighted by Gasteiger charge is 2.41. The third kappa shape index (κ3) is 3.89. The highest BCUT2D eigenvalue weighted by molar-refractivity contribution is 5.78. The minimum atomic E-state index is -2.73. The molecule has 0 amide bonds. The van der Waals surface area contributed by atoms with Crippen molar-refractivity contribution in [3.8, 4) is 22.6 Å². The van der Waals surface area contributed by atoms with Crippen LogP contribution in [0.4, 0.5) is 13.2 Å². The lowest BCUT2D eigenvalue weighted by Crippen LogP contribution is -2.13. The number of aldehydes is 1. The van der Waals surface area contributed by atoms with Crippen LogP contribution in [0.1, 0.15) is 35.8 Å². The maximum atomic E-state index is 13.9. The highest BCUT2D eigenvalue weighted by atomic mass is 19.3. The molecule has 166 valence electrons. The summed E-state index contributed by atoms with van der Waals surface area (Å²) in [5.41, 5.74) is 7.39. The largest absolute Gasteiger partial charge is 0.333 e. The fourth-order valence-corrected chi connectivity index (χ4v) is 3.97. The Kier molecular flexibility index (Phi) is 5.79. The zero-order chi connectivity index (χ0) is 22.9. The molecule has 1 atom stereocenters. The molecule has 1 saturated carbocycles. The van der Waals surface area contributed by atoms with Crippen LogP contribution in [-0.4, -0.2) is 43.4 Å². The fraction of sp³-hybridized carbons (Fsp3) is 0.273. The molecule has 0 bridgehead atoms. The molecule has 32 heavy (non-hydrogen) atoms. The van der Waals surface area contributed by atoms with Crippen molar-refractivity contribution in [2.24, 2.45) is 5.73 Å². The Morgan fingerprint density at radius 2 is 1.88 bits per heavy atom. The average molecular weight is 442 g/mol. The van der Waals surface area contributed by atoms with Gasteiger partial charge in [0.25, 0.3) is 0 Å². The van der Waals surface area contributed by atoms with Crippen molar-refractivity contribution < 1.29 is 18.0 Å². The molecule has 1 fully saturated rings. The number of rotatable bonds is 4. The topological polar surface area (TPSA) is 91.1 Å². The number of hydrogen-bond donors (Lipinski definition) is 1. The smallest absolute Gasteiger partial charge is 0.250 e. The van der Waals surface area contributed by atoms with Crippen molar-refractivity contribution in [1.29, 1.82) is 0 Å². The number of halogens is 3. The van der Waals surface area contributed by atoms with Crippen molar-refractivity contribution in [2.45, 2.75) is 31.2 Å². The number of benzene rings is 1. The minimum absolute atomic E-state index is 0.190. The number of fused-ring (bicyclic) bond motifs is 1. The van der Waals surface area contributed by atoms with E-state index in [4.69, 9.17) is 0 Å². The van der Waals surface area contributed by atoms with Gasteiger partial charge in [0, 0.05) is 24.4 Å². The van der Waals surface area contributed by atoms with E-state index in [0.29, 0.717) is 41.0 Å².